The average Bonchev–Trinajstić information content (AvgIpc) is 2.83. The van der Waals surface area contributed by atoms with Gasteiger partial charge in [0.25, 0.3) is 0 Å². The molecule has 1 aromatic rings. The van der Waals surface area contributed by atoms with Crippen molar-refractivity contribution in [1.29, 1.82) is 0 Å². The van der Waals surface area contributed by atoms with Gasteiger partial charge in [-0.25, -0.2) is 9.59 Å². The highest BCUT2D eigenvalue weighted by atomic mass is 16.5. The minimum absolute atomic E-state index is 0.111. The van der Waals surface area contributed by atoms with Crippen molar-refractivity contribution in [3.8, 4) is 0 Å². The van der Waals surface area contributed by atoms with E-state index < -0.39 is 11.9 Å². The normalized spacial score (nSPS) is 11.8. The van der Waals surface area contributed by atoms with Crippen molar-refractivity contribution < 1.29 is 23.9 Å². The van der Waals surface area contributed by atoms with Crippen LogP contribution < -0.4 is 0 Å². The molecule has 0 saturated heterocycles. The molecule has 0 aliphatic heterocycles. The molecule has 6 nitrogen and oxygen atoms in total. The Kier molecular flexibility index (Phi) is 6.65. The van der Waals surface area contributed by atoms with Crippen LogP contribution in [-0.4, -0.2) is 36.0 Å². The summed E-state index contributed by atoms with van der Waals surface area (Å²) in [4.78, 5) is 34.3. The van der Waals surface area contributed by atoms with Crippen LogP contribution in [0.5, 0.6) is 0 Å². The molecule has 116 valence electrons. The van der Waals surface area contributed by atoms with Crippen molar-refractivity contribution in [1.82, 2.24) is 4.57 Å². The summed E-state index contributed by atoms with van der Waals surface area (Å²) in [6.07, 6.45) is 4.39. The monoisotopic (exact) mass is 295 g/mol. The Balaban J connectivity index is 3.02. The number of hydrogen-bond donors (Lipinski definition) is 0. The molecule has 0 spiro atoms. The average molecular weight is 295 g/mol. The van der Waals surface area contributed by atoms with E-state index in [1.807, 2.05) is 6.92 Å². The van der Waals surface area contributed by atoms with E-state index in [2.05, 4.69) is 0 Å². The van der Waals surface area contributed by atoms with Crippen LogP contribution in [0.15, 0.2) is 12.4 Å². The van der Waals surface area contributed by atoms with Crippen LogP contribution in [0.1, 0.15) is 47.9 Å². The first-order valence-electron chi connectivity index (χ1n) is 7.01. The van der Waals surface area contributed by atoms with Gasteiger partial charge in [0.15, 0.2) is 0 Å². The molecule has 0 saturated carbocycles. The molecule has 1 unspecified atom stereocenters. The number of aromatic nitrogens is 1. The van der Waals surface area contributed by atoms with E-state index in [4.69, 9.17) is 9.47 Å². The van der Waals surface area contributed by atoms with E-state index in [1.165, 1.54) is 0 Å². The second-order valence-corrected chi connectivity index (χ2v) is 4.73. The predicted molar refractivity (Wildman–Crippen MR) is 76.2 cm³/mol. The van der Waals surface area contributed by atoms with E-state index >= 15 is 0 Å². The first kappa shape index (κ1) is 16.9. The number of esters is 2. The van der Waals surface area contributed by atoms with Crippen molar-refractivity contribution >= 4 is 18.2 Å². The van der Waals surface area contributed by atoms with Crippen molar-refractivity contribution in [2.75, 3.05) is 13.2 Å². The number of rotatable bonds is 8. The number of ether oxygens (including phenoxy) is 2. The van der Waals surface area contributed by atoms with Crippen LogP contribution in [0, 0.1) is 5.92 Å². The van der Waals surface area contributed by atoms with Gasteiger partial charge in [-0.15, -0.1) is 0 Å². The van der Waals surface area contributed by atoms with Crippen LogP contribution in [-0.2, 0) is 20.8 Å². The minimum atomic E-state index is -0.553. The molecule has 1 atom stereocenters. The molecule has 0 aliphatic rings. The van der Waals surface area contributed by atoms with Crippen LogP contribution >= 0.6 is 0 Å². The topological polar surface area (TPSA) is 74.6 Å². The fraction of sp³-hybridized carbons (Fsp3) is 0.533. The van der Waals surface area contributed by atoms with Gasteiger partial charge < -0.3 is 18.8 Å². The van der Waals surface area contributed by atoms with Gasteiger partial charge in [-0.1, -0.05) is 6.92 Å². The third-order valence-electron chi connectivity index (χ3n) is 2.89. The van der Waals surface area contributed by atoms with Crippen LogP contribution in [0.3, 0.4) is 0 Å². The minimum Gasteiger partial charge on any atom is -0.462 e. The number of nitrogens with zero attached hydrogens (tertiary/aromatic N) is 1. The molecule has 0 aromatic carbocycles. The quantitative estimate of drug-likeness (QED) is 0.542. The van der Waals surface area contributed by atoms with Gasteiger partial charge in [0.2, 0.25) is 0 Å². The third-order valence-corrected chi connectivity index (χ3v) is 2.89. The molecule has 1 rings (SSSR count). The second kappa shape index (κ2) is 8.24. The second-order valence-electron chi connectivity index (χ2n) is 4.73. The van der Waals surface area contributed by atoms with Gasteiger partial charge in [-0.2, -0.15) is 0 Å². The molecule has 1 heterocycles. The SMILES string of the molecule is CCOC(=O)c1cn(CC(C)CC=O)cc1C(=O)OCC. The maximum atomic E-state index is 11.9. The summed E-state index contributed by atoms with van der Waals surface area (Å²) in [5.74, 6) is -0.996. The molecule has 0 amide bonds. The molecule has 0 aliphatic carbocycles. The summed E-state index contributed by atoms with van der Waals surface area (Å²) in [7, 11) is 0. The highest BCUT2D eigenvalue weighted by Gasteiger charge is 2.22. The lowest BCUT2D eigenvalue weighted by molar-refractivity contribution is -0.108. The molecular formula is C15H21NO5. The summed E-state index contributed by atoms with van der Waals surface area (Å²) in [5.41, 5.74) is 0.377. The highest BCUT2D eigenvalue weighted by molar-refractivity contribution is 6.03. The van der Waals surface area contributed by atoms with Gasteiger partial charge in [0.1, 0.15) is 6.29 Å². The Labute approximate surface area is 124 Å². The number of carbonyl (C=O) groups is 3. The molecule has 0 radical (unpaired) electrons. The molecular weight excluding hydrogens is 274 g/mol. The van der Waals surface area contributed by atoms with Crippen LogP contribution in [0.4, 0.5) is 0 Å². The van der Waals surface area contributed by atoms with E-state index in [0.717, 1.165) is 6.29 Å². The largest absolute Gasteiger partial charge is 0.462 e. The molecule has 0 fully saturated rings. The van der Waals surface area contributed by atoms with Gasteiger partial charge in [0.05, 0.1) is 24.3 Å². The number of aldehydes is 1. The van der Waals surface area contributed by atoms with E-state index in [0.29, 0.717) is 13.0 Å². The fourth-order valence-electron chi connectivity index (χ4n) is 1.96. The van der Waals surface area contributed by atoms with Gasteiger partial charge in [-0.05, 0) is 19.8 Å². The Hall–Kier alpha value is -2.11. The molecule has 21 heavy (non-hydrogen) atoms. The fourth-order valence-corrected chi connectivity index (χ4v) is 1.96. The lowest BCUT2D eigenvalue weighted by atomic mass is 10.1. The Morgan fingerprint density at radius 3 is 2.00 bits per heavy atom. The zero-order chi connectivity index (χ0) is 15.8. The van der Waals surface area contributed by atoms with Gasteiger partial charge >= 0.3 is 11.9 Å². The summed E-state index contributed by atoms with van der Waals surface area (Å²) in [5, 5.41) is 0. The highest BCUT2D eigenvalue weighted by Crippen LogP contribution is 2.16. The number of hydrogen-bond acceptors (Lipinski definition) is 5. The summed E-state index contributed by atoms with van der Waals surface area (Å²) >= 11 is 0. The summed E-state index contributed by atoms with van der Waals surface area (Å²) in [6.45, 7) is 6.31. The van der Waals surface area contributed by atoms with E-state index in [1.54, 1.807) is 30.8 Å². The summed E-state index contributed by atoms with van der Waals surface area (Å²) in [6, 6.07) is 0. The lowest BCUT2D eigenvalue weighted by Gasteiger charge is -2.08. The van der Waals surface area contributed by atoms with Crippen molar-refractivity contribution in [2.24, 2.45) is 5.92 Å². The zero-order valence-electron chi connectivity index (χ0n) is 12.6. The van der Waals surface area contributed by atoms with Crippen LogP contribution in [0.2, 0.25) is 0 Å². The third kappa shape index (κ3) is 4.73. The Morgan fingerprint density at radius 1 is 1.14 bits per heavy atom. The van der Waals surface area contributed by atoms with E-state index in [9.17, 15) is 14.4 Å². The molecule has 6 heteroatoms. The van der Waals surface area contributed by atoms with Crippen molar-refractivity contribution in [2.45, 2.75) is 33.7 Å². The first-order valence-corrected chi connectivity index (χ1v) is 7.01. The summed E-state index contributed by atoms with van der Waals surface area (Å²) < 4.78 is 11.6. The van der Waals surface area contributed by atoms with Crippen molar-refractivity contribution in [3.05, 3.63) is 23.5 Å². The smallest absolute Gasteiger partial charge is 0.340 e. The van der Waals surface area contributed by atoms with Gasteiger partial charge in [-0.3, -0.25) is 0 Å². The molecule has 0 N–H and O–H groups in total. The molecule has 0 bridgehead atoms. The van der Waals surface area contributed by atoms with Crippen LogP contribution in [0.25, 0.3) is 0 Å². The Morgan fingerprint density at radius 2 is 1.62 bits per heavy atom. The van der Waals surface area contributed by atoms with Crippen molar-refractivity contribution in [3.63, 3.8) is 0 Å². The standard InChI is InChI=1S/C15H21NO5/c1-4-20-14(18)12-9-16(8-11(3)6-7-17)10-13(12)15(19)21-5-2/h7,9-11H,4-6,8H2,1-3H3. The predicted octanol–water partition coefficient (Wildman–Crippen LogP) is 2.07. The number of carbonyl (C=O) groups excluding carboxylic acids is 3. The molecule has 1 aromatic heterocycles. The Bertz CT molecular complexity index is 471. The van der Waals surface area contributed by atoms with Gasteiger partial charge in [0, 0.05) is 25.4 Å². The maximum absolute atomic E-state index is 11.9. The first-order chi connectivity index (χ1) is 10.0. The maximum Gasteiger partial charge on any atom is 0.340 e. The lowest BCUT2D eigenvalue weighted by Crippen LogP contribution is -2.11. The zero-order valence-corrected chi connectivity index (χ0v) is 12.6. The van der Waals surface area contributed by atoms with E-state index in [-0.39, 0.29) is 30.3 Å².